The van der Waals surface area contributed by atoms with Gasteiger partial charge in [0.2, 0.25) is 5.95 Å². The van der Waals surface area contributed by atoms with Crippen molar-refractivity contribution in [2.75, 3.05) is 25.7 Å². The van der Waals surface area contributed by atoms with E-state index in [1.54, 1.807) is 30.6 Å². The number of aromatic nitrogens is 4. The molecule has 0 N–H and O–H groups in total. The summed E-state index contributed by atoms with van der Waals surface area (Å²) in [6, 6.07) is 7.26. The molecule has 0 saturated carbocycles. The van der Waals surface area contributed by atoms with Gasteiger partial charge in [-0.05, 0) is 30.7 Å². The first kappa shape index (κ1) is 20.6. The van der Waals surface area contributed by atoms with Crippen LogP contribution in [0.15, 0.2) is 30.5 Å². The van der Waals surface area contributed by atoms with E-state index in [-0.39, 0.29) is 0 Å². The number of anilines is 1. The molecular weight excluding hydrogens is 398 g/mol. The number of thiazole rings is 1. The fraction of sp³-hybridized carbons (Fsp3) is 0.421. The van der Waals surface area contributed by atoms with E-state index in [1.165, 1.54) is 4.88 Å². The minimum absolute atomic E-state index is 0.309. The molecule has 3 rings (SSSR count). The highest BCUT2D eigenvalue weighted by atomic mass is 35.5. The minimum atomic E-state index is 0.309. The zero-order chi connectivity index (χ0) is 19.9. The van der Waals surface area contributed by atoms with E-state index in [1.807, 2.05) is 34.8 Å². The van der Waals surface area contributed by atoms with E-state index in [2.05, 4.69) is 22.1 Å². The molecule has 0 unspecified atom stereocenters. The lowest BCUT2D eigenvalue weighted by Gasteiger charge is -2.18. The van der Waals surface area contributed by atoms with Gasteiger partial charge in [-0.25, -0.2) is 4.98 Å². The van der Waals surface area contributed by atoms with Crippen LogP contribution in [0.25, 0.3) is 0 Å². The van der Waals surface area contributed by atoms with Crippen molar-refractivity contribution >= 4 is 28.9 Å². The van der Waals surface area contributed by atoms with E-state index in [9.17, 15) is 0 Å². The van der Waals surface area contributed by atoms with Gasteiger partial charge in [-0.2, -0.15) is 0 Å². The molecule has 0 bridgehead atoms. The van der Waals surface area contributed by atoms with Crippen LogP contribution in [0.2, 0.25) is 5.02 Å². The summed E-state index contributed by atoms with van der Waals surface area (Å²) < 4.78 is 13.1. The van der Waals surface area contributed by atoms with Crippen LogP contribution in [0.3, 0.4) is 0 Å². The summed E-state index contributed by atoms with van der Waals surface area (Å²) in [6.07, 6.45) is 2.94. The quantitative estimate of drug-likeness (QED) is 0.496. The molecule has 0 fully saturated rings. The zero-order valence-electron chi connectivity index (χ0n) is 16.3. The molecule has 0 aliphatic carbocycles. The summed E-state index contributed by atoms with van der Waals surface area (Å²) in [6.45, 7) is 4.32. The molecule has 7 nitrogen and oxygen atoms in total. The first-order valence-corrected chi connectivity index (χ1v) is 10.2. The number of methoxy groups -OCH3 is 1. The Labute approximate surface area is 173 Å². The van der Waals surface area contributed by atoms with Crippen LogP contribution >= 0.6 is 22.9 Å². The van der Waals surface area contributed by atoms with Crippen molar-refractivity contribution in [3.63, 3.8) is 0 Å². The molecule has 2 aromatic heterocycles. The van der Waals surface area contributed by atoms with Gasteiger partial charge in [0.1, 0.15) is 17.4 Å². The van der Waals surface area contributed by atoms with Crippen LogP contribution in [-0.4, -0.2) is 40.5 Å². The molecule has 3 aromatic rings. The third-order valence-electron chi connectivity index (χ3n) is 4.17. The third kappa shape index (κ3) is 5.21. The molecule has 0 amide bonds. The summed E-state index contributed by atoms with van der Waals surface area (Å²) in [4.78, 5) is 7.82. The van der Waals surface area contributed by atoms with Gasteiger partial charge in [-0.3, -0.25) is 4.57 Å². The van der Waals surface area contributed by atoms with Gasteiger partial charge in [0, 0.05) is 30.3 Å². The van der Waals surface area contributed by atoms with Crippen molar-refractivity contribution in [1.29, 1.82) is 0 Å². The Morgan fingerprint density at radius 3 is 2.68 bits per heavy atom. The number of ether oxygens (including phenoxy) is 2. The highest BCUT2D eigenvalue weighted by Crippen LogP contribution is 2.21. The van der Waals surface area contributed by atoms with Gasteiger partial charge in [-0.1, -0.05) is 18.5 Å². The van der Waals surface area contributed by atoms with E-state index in [0.717, 1.165) is 29.0 Å². The molecule has 0 aliphatic heterocycles. The summed E-state index contributed by atoms with van der Waals surface area (Å²) in [5.74, 6) is 2.23. The topological polar surface area (TPSA) is 65.3 Å². The molecule has 1 aromatic carbocycles. The maximum Gasteiger partial charge on any atom is 0.227 e. The number of hydrogen-bond acceptors (Lipinski definition) is 7. The molecule has 28 heavy (non-hydrogen) atoms. The first-order valence-electron chi connectivity index (χ1n) is 9.04. The SMILES string of the molecule is CCc1cnc(CN(C)c2nnc(COc3ccc(Cl)cc3)n2CCOC)s1. The molecule has 9 heteroatoms. The Morgan fingerprint density at radius 2 is 2.00 bits per heavy atom. The van der Waals surface area contributed by atoms with E-state index in [0.29, 0.717) is 31.3 Å². The molecule has 0 saturated heterocycles. The van der Waals surface area contributed by atoms with Crippen molar-refractivity contribution in [3.05, 3.63) is 51.2 Å². The number of nitrogens with zero attached hydrogens (tertiary/aromatic N) is 5. The Hall–Kier alpha value is -2.16. The molecule has 150 valence electrons. The smallest absolute Gasteiger partial charge is 0.227 e. The van der Waals surface area contributed by atoms with Crippen molar-refractivity contribution in [2.45, 2.75) is 33.0 Å². The first-order chi connectivity index (χ1) is 13.6. The minimum Gasteiger partial charge on any atom is -0.486 e. The van der Waals surface area contributed by atoms with Gasteiger partial charge >= 0.3 is 0 Å². The van der Waals surface area contributed by atoms with Crippen LogP contribution in [0, 0.1) is 0 Å². The highest BCUT2D eigenvalue weighted by Gasteiger charge is 2.17. The van der Waals surface area contributed by atoms with Gasteiger partial charge in [0.15, 0.2) is 5.82 Å². The fourth-order valence-electron chi connectivity index (χ4n) is 2.66. The predicted octanol–water partition coefficient (Wildman–Crippen LogP) is 3.81. The maximum atomic E-state index is 5.92. The summed E-state index contributed by atoms with van der Waals surface area (Å²) in [7, 11) is 3.67. The number of benzene rings is 1. The van der Waals surface area contributed by atoms with Crippen LogP contribution in [0.1, 0.15) is 22.6 Å². The third-order valence-corrected chi connectivity index (χ3v) is 5.55. The van der Waals surface area contributed by atoms with Crippen molar-refractivity contribution < 1.29 is 9.47 Å². The van der Waals surface area contributed by atoms with Crippen LogP contribution < -0.4 is 9.64 Å². The summed E-state index contributed by atoms with van der Waals surface area (Å²) in [5, 5.41) is 10.4. The van der Waals surface area contributed by atoms with Gasteiger partial charge in [-0.15, -0.1) is 21.5 Å². The van der Waals surface area contributed by atoms with E-state index in [4.69, 9.17) is 21.1 Å². The second kappa shape index (κ2) is 9.86. The summed E-state index contributed by atoms with van der Waals surface area (Å²) >= 11 is 7.65. The Bertz CT molecular complexity index is 881. The molecule has 0 atom stereocenters. The number of rotatable bonds is 10. The van der Waals surface area contributed by atoms with Crippen molar-refractivity contribution in [1.82, 2.24) is 19.7 Å². The lowest BCUT2D eigenvalue weighted by Crippen LogP contribution is -2.22. The highest BCUT2D eigenvalue weighted by molar-refractivity contribution is 7.11. The largest absolute Gasteiger partial charge is 0.486 e. The normalized spacial score (nSPS) is 11.0. The monoisotopic (exact) mass is 421 g/mol. The van der Waals surface area contributed by atoms with E-state index >= 15 is 0 Å². The standard InChI is InChI=1S/C19H24ClN5O2S/c1-4-16-11-21-18(28-16)12-24(2)19-23-22-17(25(19)9-10-26-3)13-27-15-7-5-14(20)6-8-15/h5-8,11H,4,9-10,12-13H2,1-3H3. The van der Waals surface area contributed by atoms with Crippen LogP contribution in [0.4, 0.5) is 5.95 Å². The van der Waals surface area contributed by atoms with Crippen LogP contribution in [-0.2, 0) is 30.9 Å². The van der Waals surface area contributed by atoms with Crippen LogP contribution in [0.5, 0.6) is 5.75 Å². The number of halogens is 1. The van der Waals surface area contributed by atoms with Crippen molar-refractivity contribution in [2.24, 2.45) is 0 Å². The molecular formula is C19H24ClN5O2S. The fourth-order valence-corrected chi connectivity index (χ4v) is 3.71. The molecule has 0 aliphatic rings. The second-order valence-electron chi connectivity index (χ2n) is 6.23. The lowest BCUT2D eigenvalue weighted by molar-refractivity contribution is 0.184. The Kier molecular flexibility index (Phi) is 7.24. The van der Waals surface area contributed by atoms with Gasteiger partial charge in [0.25, 0.3) is 0 Å². The van der Waals surface area contributed by atoms with Gasteiger partial charge < -0.3 is 14.4 Å². The average Bonchev–Trinajstić information content (AvgIpc) is 3.32. The lowest BCUT2D eigenvalue weighted by atomic mass is 10.3. The molecule has 2 heterocycles. The predicted molar refractivity (Wildman–Crippen MR) is 111 cm³/mol. The van der Waals surface area contributed by atoms with E-state index < -0.39 is 0 Å². The summed E-state index contributed by atoms with van der Waals surface area (Å²) in [5.41, 5.74) is 0. The maximum absolute atomic E-state index is 5.92. The number of hydrogen-bond donors (Lipinski definition) is 0. The number of aryl methyl sites for hydroxylation is 1. The second-order valence-corrected chi connectivity index (χ2v) is 7.87. The van der Waals surface area contributed by atoms with Gasteiger partial charge in [0.05, 0.1) is 19.7 Å². The molecule has 0 spiro atoms. The molecule has 0 radical (unpaired) electrons. The van der Waals surface area contributed by atoms with Crippen molar-refractivity contribution in [3.8, 4) is 5.75 Å². The Morgan fingerprint density at radius 1 is 1.21 bits per heavy atom. The Balaban J connectivity index is 1.73. The average molecular weight is 422 g/mol. The zero-order valence-corrected chi connectivity index (χ0v) is 17.8.